The van der Waals surface area contributed by atoms with E-state index in [-0.39, 0.29) is 6.42 Å². The van der Waals surface area contributed by atoms with Crippen LogP contribution in [0.2, 0.25) is 0 Å². The molecule has 1 aromatic rings. The second-order valence-electron chi connectivity index (χ2n) is 3.31. The molecule has 0 saturated carbocycles. The van der Waals surface area contributed by atoms with Crippen LogP contribution >= 0.6 is 7.75 Å². The average Bonchev–Trinajstić information content (AvgIpc) is 2.26. The normalized spacial score (nSPS) is 14.0. The van der Waals surface area contributed by atoms with Gasteiger partial charge in [-0.05, 0) is 12.0 Å². The lowest BCUT2D eigenvalue weighted by Gasteiger charge is -2.07. The molecule has 0 aliphatic rings. The first-order valence-electron chi connectivity index (χ1n) is 4.93. The quantitative estimate of drug-likeness (QED) is 0.452. The maximum absolute atomic E-state index is 11.2. The Bertz CT molecular complexity index is 402. The number of hydrogen-bond donors (Lipinski definition) is 2. The lowest BCUT2D eigenvalue weighted by molar-refractivity contribution is -0.150. The highest BCUT2D eigenvalue weighted by molar-refractivity contribution is 7.50. The summed E-state index contributed by atoms with van der Waals surface area (Å²) in [5.74, 6) is -0.512. The predicted octanol–water partition coefficient (Wildman–Crippen LogP) is 1.20. The standard InChI is InChI=1S/C10H14NO5P/c11-17(13,14)16-8-15-10(12)7-6-9-4-2-1-3-5-9/h1-5H,6-8H2,(H3,11,13,14). The van der Waals surface area contributed by atoms with Crippen molar-refractivity contribution < 1.29 is 23.5 Å². The maximum atomic E-state index is 11.2. The van der Waals surface area contributed by atoms with Crippen LogP contribution in [-0.2, 0) is 25.0 Å². The minimum atomic E-state index is -4.08. The Morgan fingerprint density at radius 1 is 1.35 bits per heavy atom. The summed E-state index contributed by atoms with van der Waals surface area (Å²) in [7, 11) is -4.08. The minimum Gasteiger partial charge on any atom is -0.438 e. The van der Waals surface area contributed by atoms with Gasteiger partial charge in [-0.1, -0.05) is 30.3 Å². The minimum absolute atomic E-state index is 0.174. The van der Waals surface area contributed by atoms with E-state index in [1.807, 2.05) is 30.3 Å². The van der Waals surface area contributed by atoms with Gasteiger partial charge in [0, 0.05) is 6.42 Å². The van der Waals surface area contributed by atoms with E-state index in [1.54, 1.807) is 0 Å². The van der Waals surface area contributed by atoms with Gasteiger partial charge in [-0.2, -0.15) is 0 Å². The van der Waals surface area contributed by atoms with Crippen LogP contribution in [0.1, 0.15) is 12.0 Å². The van der Waals surface area contributed by atoms with Crippen LogP contribution in [0.25, 0.3) is 0 Å². The molecule has 7 heteroatoms. The van der Waals surface area contributed by atoms with Gasteiger partial charge in [0.05, 0.1) is 0 Å². The number of aryl methyl sites for hydroxylation is 1. The van der Waals surface area contributed by atoms with E-state index < -0.39 is 20.5 Å². The third-order valence-corrected chi connectivity index (χ3v) is 2.39. The van der Waals surface area contributed by atoms with Gasteiger partial charge < -0.3 is 9.63 Å². The number of nitrogens with two attached hydrogens (primary N) is 1. The molecule has 1 atom stereocenters. The second kappa shape index (κ2) is 6.51. The largest absolute Gasteiger partial charge is 0.438 e. The SMILES string of the molecule is NP(=O)(O)OCOC(=O)CCc1ccccc1. The Morgan fingerprint density at radius 3 is 2.59 bits per heavy atom. The summed E-state index contributed by atoms with van der Waals surface area (Å²) in [6.45, 7) is -0.613. The molecule has 3 N–H and O–H groups in total. The fraction of sp³-hybridized carbons (Fsp3) is 0.300. The third-order valence-electron chi connectivity index (χ3n) is 1.92. The van der Waals surface area contributed by atoms with E-state index in [2.05, 4.69) is 14.8 Å². The topological polar surface area (TPSA) is 98.9 Å². The zero-order valence-electron chi connectivity index (χ0n) is 9.11. The molecule has 94 valence electrons. The van der Waals surface area contributed by atoms with Gasteiger partial charge in [0.25, 0.3) is 0 Å². The molecule has 17 heavy (non-hydrogen) atoms. The van der Waals surface area contributed by atoms with Crippen LogP contribution in [-0.4, -0.2) is 17.7 Å². The lowest BCUT2D eigenvalue weighted by atomic mass is 10.1. The van der Waals surface area contributed by atoms with Crippen LogP contribution in [0.3, 0.4) is 0 Å². The molecular formula is C10H14NO5P. The molecule has 0 fully saturated rings. The van der Waals surface area contributed by atoms with Crippen molar-refractivity contribution >= 4 is 13.7 Å². The summed E-state index contributed by atoms with van der Waals surface area (Å²) in [6, 6.07) is 9.42. The summed E-state index contributed by atoms with van der Waals surface area (Å²) < 4.78 is 19.3. The van der Waals surface area contributed by atoms with Crippen LogP contribution in [0.5, 0.6) is 0 Å². The average molecular weight is 259 g/mol. The van der Waals surface area contributed by atoms with Crippen molar-refractivity contribution in [1.82, 2.24) is 0 Å². The molecule has 0 aliphatic carbocycles. The van der Waals surface area contributed by atoms with Crippen molar-refractivity contribution in [3.8, 4) is 0 Å². The molecular weight excluding hydrogens is 245 g/mol. The molecule has 0 aromatic heterocycles. The summed E-state index contributed by atoms with van der Waals surface area (Å²) in [5.41, 5.74) is 5.70. The Kier molecular flexibility index (Phi) is 5.31. The molecule has 0 heterocycles. The van der Waals surface area contributed by atoms with Crippen molar-refractivity contribution in [2.45, 2.75) is 12.8 Å². The Morgan fingerprint density at radius 2 is 2.00 bits per heavy atom. The van der Waals surface area contributed by atoms with E-state index >= 15 is 0 Å². The Balaban J connectivity index is 2.20. The number of rotatable bonds is 6. The second-order valence-corrected chi connectivity index (χ2v) is 4.70. The first kappa shape index (κ1) is 13.9. The number of esters is 1. The number of benzene rings is 1. The summed E-state index contributed by atoms with van der Waals surface area (Å²) in [5, 5.41) is 0. The Hall–Kier alpha value is -1.20. The first-order chi connectivity index (χ1) is 7.97. The molecule has 0 spiro atoms. The molecule has 0 radical (unpaired) electrons. The van der Waals surface area contributed by atoms with Crippen LogP contribution in [0, 0.1) is 0 Å². The van der Waals surface area contributed by atoms with Gasteiger partial charge in [0.2, 0.25) is 6.79 Å². The molecule has 0 saturated heterocycles. The van der Waals surface area contributed by atoms with Crippen molar-refractivity contribution in [1.29, 1.82) is 0 Å². The molecule has 0 aliphatic heterocycles. The molecule has 6 nitrogen and oxygen atoms in total. The summed E-state index contributed by atoms with van der Waals surface area (Å²) >= 11 is 0. The molecule has 0 amide bonds. The zero-order chi connectivity index (χ0) is 12.7. The zero-order valence-corrected chi connectivity index (χ0v) is 10.0. The van der Waals surface area contributed by atoms with Crippen molar-refractivity contribution in [2.24, 2.45) is 5.50 Å². The number of carbonyl (C=O) groups excluding carboxylic acids is 1. The lowest BCUT2D eigenvalue weighted by Crippen LogP contribution is -2.10. The van der Waals surface area contributed by atoms with E-state index in [1.165, 1.54) is 0 Å². The van der Waals surface area contributed by atoms with E-state index in [9.17, 15) is 9.36 Å². The van der Waals surface area contributed by atoms with Gasteiger partial charge >= 0.3 is 13.7 Å². The molecule has 0 bridgehead atoms. The van der Waals surface area contributed by atoms with Gasteiger partial charge in [-0.25, -0.2) is 10.1 Å². The van der Waals surface area contributed by atoms with Crippen molar-refractivity contribution in [3.05, 3.63) is 35.9 Å². The van der Waals surface area contributed by atoms with Gasteiger partial charge in [-0.3, -0.25) is 9.32 Å². The van der Waals surface area contributed by atoms with Crippen molar-refractivity contribution in [2.75, 3.05) is 6.79 Å². The van der Waals surface area contributed by atoms with Crippen LogP contribution in [0.15, 0.2) is 30.3 Å². The van der Waals surface area contributed by atoms with E-state index in [0.29, 0.717) is 6.42 Å². The predicted molar refractivity (Wildman–Crippen MR) is 60.8 cm³/mol. The molecule has 1 aromatic carbocycles. The third kappa shape index (κ3) is 6.86. The highest BCUT2D eigenvalue weighted by atomic mass is 31.2. The van der Waals surface area contributed by atoms with Gasteiger partial charge in [-0.15, -0.1) is 0 Å². The number of carbonyl (C=O) groups is 1. The van der Waals surface area contributed by atoms with Gasteiger partial charge in [0.1, 0.15) is 0 Å². The monoisotopic (exact) mass is 259 g/mol. The summed E-state index contributed by atoms with van der Waals surface area (Å²) in [4.78, 5) is 19.7. The smallest absolute Gasteiger partial charge is 0.403 e. The molecule has 1 rings (SSSR count). The highest BCUT2D eigenvalue weighted by Crippen LogP contribution is 2.30. The fourth-order valence-electron chi connectivity index (χ4n) is 1.13. The van der Waals surface area contributed by atoms with Gasteiger partial charge in [0.15, 0.2) is 0 Å². The Labute approximate surface area is 98.9 Å². The highest BCUT2D eigenvalue weighted by Gasteiger charge is 2.12. The van der Waals surface area contributed by atoms with Crippen molar-refractivity contribution in [3.63, 3.8) is 0 Å². The van der Waals surface area contributed by atoms with Crippen LogP contribution in [0.4, 0.5) is 0 Å². The number of hydrogen-bond acceptors (Lipinski definition) is 4. The van der Waals surface area contributed by atoms with E-state index in [0.717, 1.165) is 5.56 Å². The first-order valence-corrected chi connectivity index (χ1v) is 6.57. The maximum Gasteiger partial charge on any atom is 0.403 e. The molecule has 1 unspecified atom stereocenters. The fourth-order valence-corrected chi connectivity index (χ4v) is 1.33. The summed E-state index contributed by atoms with van der Waals surface area (Å²) in [6.07, 6.45) is 0.715. The number of ether oxygens (including phenoxy) is 1. The van der Waals surface area contributed by atoms with Crippen LogP contribution < -0.4 is 5.50 Å². The van der Waals surface area contributed by atoms with E-state index in [4.69, 9.17) is 4.89 Å².